The average molecular weight is 274 g/mol. The molecule has 0 radical (unpaired) electrons. The molecule has 2 aromatic carbocycles. The number of aliphatic hydroxyl groups is 1. The highest BCUT2D eigenvalue weighted by Crippen LogP contribution is 2.16. The van der Waals surface area contributed by atoms with Crippen molar-refractivity contribution < 1.29 is 18.6 Å². The smallest absolute Gasteiger partial charge is 0.132 e. The van der Waals surface area contributed by atoms with Crippen molar-refractivity contribution in [1.29, 1.82) is 0 Å². The SMILES string of the molecule is OCC#Cc1cccc(OCc2ccc(F)cc2F)c1. The molecule has 0 fully saturated rings. The zero-order chi connectivity index (χ0) is 14.4. The van der Waals surface area contributed by atoms with Crippen LogP contribution in [0.1, 0.15) is 11.1 Å². The fraction of sp³-hybridized carbons (Fsp3) is 0.125. The van der Waals surface area contributed by atoms with Crippen LogP contribution in [0.4, 0.5) is 8.78 Å². The second kappa shape index (κ2) is 6.69. The van der Waals surface area contributed by atoms with Crippen LogP contribution in [0.5, 0.6) is 5.75 Å². The molecular weight excluding hydrogens is 262 g/mol. The minimum atomic E-state index is -0.638. The number of halogens is 2. The molecule has 0 saturated carbocycles. The first-order chi connectivity index (χ1) is 9.69. The first kappa shape index (κ1) is 14.0. The van der Waals surface area contributed by atoms with Gasteiger partial charge in [0.05, 0.1) is 0 Å². The Bertz CT molecular complexity index is 657. The first-order valence-electron chi connectivity index (χ1n) is 5.95. The second-order valence-electron chi connectivity index (χ2n) is 4.01. The third-order valence-corrected chi connectivity index (χ3v) is 2.56. The van der Waals surface area contributed by atoms with E-state index in [4.69, 9.17) is 9.84 Å². The summed E-state index contributed by atoms with van der Waals surface area (Å²) < 4.78 is 31.6. The minimum absolute atomic E-state index is 0.00297. The van der Waals surface area contributed by atoms with Crippen molar-refractivity contribution >= 4 is 0 Å². The molecule has 0 bridgehead atoms. The highest BCUT2D eigenvalue weighted by molar-refractivity contribution is 5.39. The normalized spacial score (nSPS) is 9.75. The number of ether oxygens (including phenoxy) is 1. The Morgan fingerprint density at radius 2 is 1.95 bits per heavy atom. The van der Waals surface area contributed by atoms with Crippen LogP contribution in [0, 0.1) is 23.5 Å². The van der Waals surface area contributed by atoms with Crippen LogP contribution in [-0.4, -0.2) is 11.7 Å². The molecule has 1 N–H and O–H groups in total. The monoisotopic (exact) mass is 274 g/mol. The minimum Gasteiger partial charge on any atom is -0.489 e. The Hall–Kier alpha value is -2.38. The fourth-order valence-electron chi connectivity index (χ4n) is 1.61. The van der Waals surface area contributed by atoms with Crippen LogP contribution in [0.2, 0.25) is 0 Å². The molecule has 0 aliphatic carbocycles. The van der Waals surface area contributed by atoms with Crippen molar-refractivity contribution in [1.82, 2.24) is 0 Å². The lowest BCUT2D eigenvalue weighted by atomic mass is 10.2. The van der Waals surface area contributed by atoms with E-state index in [2.05, 4.69) is 11.8 Å². The Labute approximate surface area is 115 Å². The summed E-state index contributed by atoms with van der Waals surface area (Å²) in [6.07, 6.45) is 0. The van der Waals surface area contributed by atoms with Gasteiger partial charge in [0.1, 0.15) is 30.6 Å². The van der Waals surface area contributed by atoms with Gasteiger partial charge in [-0.05, 0) is 30.3 Å². The molecule has 2 nitrogen and oxygen atoms in total. The molecular formula is C16H12F2O2. The quantitative estimate of drug-likeness (QED) is 0.872. The van der Waals surface area contributed by atoms with E-state index in [1.54, 1.807) is 24.3 Å². The lowest BCUT2D eigenvalue weighted by Gasteiger charge is -2.07. The van der Waals surface area contributed by atoms with E-state index in [0.29, 0.717) is 11.3 Å². The van der Waals surface area contributed by atoms with Gasteiger partial charge >= 0.3 is 0 Å². The van der Waals surface area contributed by atoms with E-state index in [-0.39, 0.29) is 18.8 Å². The van der Waals surface area contributed by atoms with E-state index in [0.717, 1.165) is 6.07 Å². The highest BCUT2D eigenvalue weighted by Gasteiger charge is 2.04. The summed E-state index contributed by atoms with van der Waals surface area (Å²) in [5.41, 5.74) is 0.967. The zero-order valence-electron chi connectivity index (χ0n) is 10.6. The molecule has 2 rings (SSSR count). The number of benzene rings is 2. The molecule has 0 heterocycles. The molecule has 0 aliphatic heterocycles. The third-order valence-electron chi connectivity index (χ3n) is 2.56. The van der Waals surface area contributed by atoms with Crippen molar-refractivity contribution in [3.63, 3.8) is 0 Å². The maximum atomic E-state index is 13.4. The van der Waals surface area contributed by atoms with Gasteiger partial charge in [0.2, 0.25) is 0 Å². The summed E-state index contributed by atoms with van der Waals surface area (Å²) in [5.74, 6) is 4.55. The highest BCUT2D eigenvalue weighted by atomic mass is 19.1. The Morgan fingerprint density at radius 3 is 2.70 bits per heavy atom. The van der Waals surface area contributed by atoms with Gasteiger partial charge in [-0.25, -0.2) is 8.78 Å². The summed E-state index contributed by atoms with van der Waals surface area (Å²) in [5, 5.41) is 8.62. The number of hydrogen-bond acceptors (Lipinski definition) is 2. The summed E-state index contributed by atoms with van der Waals surface area (Å²) >= 11 is 0. The van der Waals surface area contributed by atoms with Gasteiger partial charge in [-0.1, -0.05) is 17.9 Å². The lowest BCUT2D eigenvalue weighted by molar-refractivity contribution is 0.299. The van der Waals surface area contributed by atoms with Crippen LogP contribution in [-0.2, 0) is 6.61 Å². The van der Waals surface area contributed by atoms with Gasteiger partial charge < -0.3 is 9.84 Å². The number of aliphatic hydroxyl groups excluding tert-OH is 1. The van der Waals surface area contributed by atoms with Crippen molar-refractivity contribution in [2.45, 2.75) is 6.61 Å². The van der Waals surface area contributed by atoms with E-state index in [9.17, 15) is 8.78 Å². The van der Waals surface area contributed by atoms with Gasteiger partial charge in [0.15, 0.2) is 0 Å². The van der Waals surface area contributed by atoms with E-state index < -0.39 is 11.6 Å². The summed E-state index contributed by atoms with van der Waals surface area (Å²) in [6.45, 7) is -0.213. The topological polar surface area (TPSA) is 29.5 Å². The first-order valence-corrected chi connectivity index (χ1v) is 5.95. The van der Waals surface area contributed by atoms with Crippen molar-refractivity contribution in [3.8, 4) is 17.6 Å². The molecule has 0 atom stereocenters. The van der Waals surface area contributed by atoms with Gasteiger partial charge in [-0.3, -0.25) is 0 Å². The summed E-state index contributed by atoms with van der Waals surface area (Å²) in [6, 6.07) is 10.3. The summed E-state index contributed by atoms with van der Waals surface area (Å²) in [4.78, 5) is 0. The lowest BCUT2D eigenvalue weighted by Crippen LogP contribution is -1.99. The van der Waals surface area contributed by atoms with Crippen molar-refractivity contribution in [3.05, 3.63) is 65.2 Å². The molecule has 0 saturated heterocycles. The zero-order valence-corrected chi connectivity index (χ0v) is 10.6. The molecule has 0 amide bonds. The largest absolute Gasteiger partial charge is 0.489 e. The predicted octanol–water partition coefficient (Wildman–Crippen LogP) is 2.89. The van der Waals surface area contributed by atoms with E-state index >= 15 is 0 Å². The van der Waals surface area contributed by atoms with Crippen LogP contribution >= 0.6 is 0 Å². The third kappa shape index (κ3) is 3.81. The fourth-order valence-corrected chi connectivity index (χ4v) is 1.61. The molecule has 0 spiro atoms. The van der Waals surface area contributed by atoms with E-state index in [1.165, 1.54) is 12.1 Å². The van der Waals surface area contributed by atoms with Gasteiger partial charge in [0, 0.05) is 17.2 Å². The van der Waals surface area contributed by atoms with Crippen LogP contribution in [0.25, 0.3) is 0 Å². The van der Waals surface area contributed by atoms with Crippen LogP contribution in [0.3, 0.4) is 0 Å². The predicted molar refractivity (Wildman–Crippen MR) is 71.1 cm³/mol. The van der Waals surface area contributed by atoms with E-state index in [1.807, 2.05) is 0 Å². The maximum Gasteiger partial charge on any atom is 0.132 e. The Kier molecular flexibility index (Phi) is 4.70. The summed E-state index contributed by atoms with van der Waals surface area (Å²) in [7, 11) is 0. The Morgan fingerprint density at radius 1 is 1.10 bits per heavy atom. The van der Waals surface area contributed by atoms with Crippen molar-refractivity contribution in [2.75, 3.05) is 6.61 Å². The van der Waals surface area contributed by atoms with Crippen LogP contribution < -0.4 is 4.74 Å². The molecule has 20 heavy (non-hydrogen) atoms. The molecule has 102 valence electrons. The van der Waals surface area contributed by atoms with Gasteiger partial charge in [0.25, 0.3) is 0 Å². The number of rotatable bonds is 3. The van der Waals surface area contributed by atoms with Gasteiger partial charge in [-0.15, -0.1) is 0 Å². The second-order valence-corrected chi connectivity index (χ2v) is 4.01. The molecule has 0 unspecified atom stereocenters. The standard InChI is InChI=1S/C16H12F2O2/c17-14-7-6-13(16(18)10-14)11-20-15-5-1-3-12(9-15)4-2-8-19/h1,3,5-7,9-10,19H,8,11H2. The van der Waals surface area contributed by atoms with Crippen molar-refractivity contribution in [2.24, 2.45) is 0 Å². The molecule has 4 heteroatoms. The van der Waals surface area contributed by atoms with Crippen LogP contribution in [0.15, 0.2) is 42.5 Å². The molecule has 2 aromatic rings. The Balaban J connectivity index is 2.07. The number of hydrogen-bond donors (Lipinski definition) is 1. The molecule has 0 aromatic heterocycles. The maximum absolute atomic E-state index is 13.4. The van der Waals surface area contributed by atoms with Gasteiger partial charge in [-0.2, -0.15) is 0 Å². The molecule has 0 aliphatic rings. The average Bonchev–Trinajstić information content (AvgIpc) is 2.45.